The van der Waals surface area contributed by atoms with Gasteiger partial charge in [-0.05, 0) is 18.2 Å². The van der Waals surface area contributed by atoms with Crippen molar-refractivity contribution >= 4 is 21.9 Å². The number of fused-ring (bicyclic) bond motifs is 2. The first-order chi connectivity index (χ1) is 8.69. The third-order valence-corrected chi connectivity index (χ3v) is 2.95. The number of rotatable bonds is 2. The van der Waals surface area contributed by atoms with Crippen LogP contribution in [0.25, 0.3) is 21.9 Å². The van der Waals surface area contributed by atoms with E-state index in [-0.39, 0.29) is 0 Å². The molecule has 0 saturated carbocycles. The topological polar surface area (TPSA) is 69.4 Å². The molecule has 1 aromatic carbocycles. The van der Waals surface area contributed by atoms with Crippen LogP contribution in [0.5, 0.6) is 0 Å². The molecular weight excluding hydrogens is 230 g/mol. The molecule has 0 bridgehead atoms. The molecule has 0 aliphatic rings. The summed E-state index contributed by atoms with van der Waals surface area (Å²) >= 11 is 0. The lowest BCUT2D eigenvalue weighted by atomic mass is 10.1. The van der Waals surface area contributed by atoms with Crippen LogP contribution in [0, 0.1) is 0 Å². The first-order valence-electron chi connectivity index (χ1n) is 5.52. The minimum absolute atomic E-state index is 0.403. The van der Waals surface area contributed by atoms with Crippen molar-refractivity contribution in [1.29, 1.82) is 0 Å². The average molecular weight is 241 g/mol. The molecule has 0 radical (unpaired) electrons. The first-order valence-corrected chi connectivity index (χ1v) is 5.52. The molecule has 0 fully saturated rings. The maximum absolute atomic E-state index is 11.8. The Morgan fingerprint density at radius 2 is 2.06 bits per heavy atom. The molecule has 2 heterocycles. The van der Waals surface area contributed by atoms with E-state index in [9.17, 15) is 4.79 Å². The molecule has 0 aliphatic carbocycles. The average Bonchev–Trinajstić information content (AvgIpc) is 2.81. The Morgan fingerprint density at radius 3 is 2.83 bits per heavy atom. The highest BCUT2D eigenvalue weighted by atomic mass is 16.4. The van der Waals surface area contributed by atoms with Crippen molar-refractivity contribution in [2.75, 3.05) is 0 Å². The van der Waals surface area contributed by atoms with Crippen LogP contribution < -0.4 is 11.4 Å². The largest absolute Gasteiger partial charge is 0.464 e. The number of hydrogen-bond acceptors (Lipinski definition) is 4. The van der Waals surface area contributed by atoms with Crippen LogP contribution in [-0.2, 0) is 0 Å². The summed E-state index contributed by atoms with van der Waals surface area (Å²) in [6.45, 7) is 3.58. The highest BCUT2D eigenvalue weighted by molar-refractivity contribution is 5.93. The Morgan fingerprint density at radius 1 is 1.22 bits per heavy atom. The highest BCUT2D eigenvalue weighted by Crippen LogP contribution is 2.24. The van der Waals surface area contributed by atoms with Crippen molar-refractivity contribution in [1.82, 2.24) is 0 Å². The second-order valence-corrected chi connectivity index (χ2v) is 4.10. The molecule has 1 unspecified atom stereocenters. The van der Waals surface area contributed by atoms with Crippen molar-refractivity contribution in [2.45, 2.75) is 6.04 Å². The SMILES string of the molecule is C=CC(N)c1cc2cc3ccoc3cc2oc1=O. The first kappa shape index (κ1) is 10.8. The Bertz CT molecular complexity index is 798. The van der Waals surface area contributed by atoms with Gasteiger partial charge in [-0.15, -0.1) is 6.58 Å². The summed E-state index contributed by atoms with van der Waals surface area (Å²) in [5, 5.41) is 1.77. The van der Waals surface area contributed by atoms with E-state index in [1.54, 1.807) is 18.4 Å². The van der Waals surface area contributed by atoms with Gasteiger partial charge in [0.15, 0.2) is 0 Å². The van der Waals surface area contributed by atoms with Crippen LogP contribution in [0.1, 0.15) is 11.6 Å². The van der Waals surface area contributed by atoms with Crippen molar-refractivity contribution in [2.24, 2.45) is 5.73 Å². The van der Waals surface area contributed by atoms with Gasteiger partial charge in [0.1, 0.15) is 11.2 Å². The fourth-order valence-electron chi connectivity index (χ4n) is 1.95. The lowest BCUT2D eigenvalue weighted by molar-refractivity contribution is 0.545. The van der Waals surface area contributed by atoms with Gasteiger partial charge in [-0.1, -0.05) is 6.08 Å². The molecular formula is C14H11NO3. The summed E-state index contributed by atoms with van der Waals surface area (Å²) in [7, 11) is 0. The van der Waals surface area contributed by atoms with Gasteiger partial charge in [-0.3, -0.25) is 0 Å². The third kappa shape index (κ3) is 1.55. The monoisotopic (exact) mass is 241 g/mol. The van der Waals surface area contributed by atoms with E-state index in [2.05, 4.69) is 6.58 Å². The molecule has 2 aromatic heterocycles. The zero-order valence-corrected chi connectivity index (χ0v) is 9.55. The fourth-order valence-corrected chi connectivity index (χ4v) is 1.95. The lowest BCUT2D eigenvalue weighted by Gasteiger charge is -2.05. The summed E-state index contributed by atoms with van der Waals surface area (Å²) in [4.78, 5) is 11.8. The minimum Gasteiger partial charge on any atom is -0.464 e. The Labute approximate surface area is 102 Å². The molecule has 3 rings (SSSR count). The fraction of sp³-hybridized carbons (Fsp3) is 0.0714. The maximum Gasteiger partial charge on any atom is 0.341 e. The summed E-state index contributed by atoms with van der Waals surface area (Å²) in [5.41, 5.74) is 6.92. The van der Waals surface area contributed by atoms with Gasteiger partial charge >= 0.3 is 5.63 Å². The molecule has 4 heteroatoms. The van der Waals surface area contributed by atoms with E-state index in [0.29, 0.717) is 16.7 Å². The summed E-state index contributed by atoms with van der Waals surface area (Å²) in [6, 6.07) is 6.67. The van der Waals surface area contributed by atoms with Gasteiger partial charge in [-0.2, -0.15) is 0 Å². The van der Waals surface area contributed by atoms with Crippen molar-refractivity contribution in [3.63, 3.8) is 0 Å². The van der Waals surface area contributed by atoms with Crippen molar-refractivity contribution in [3.05, 3.63) is 59.2 Å². The van der Waals surface area contributed by atoms with E-state index >= 15 is 0 Å². The van der Waals surface area contributed by atoms with E-state index in [0.717, 1.165) is 10.8 Å². The number of benzene rings is 1. The predicted octanol–water partition coefficient (Wildman–Crippen LogP) is 2.73. The highest BCUT2D eigenvalue weighted by Gasteiger charge is 2.11. The number of hydrogen-bond donors (Lipinski definition) is 1. The predicted molar refractivity (Wildman–Crippen MR) is 69.4 cm³/mol. The zero-order valence-electron chi connectivity index (χ0n) is 9.55. The number of nitrogens with two attached hydrogens (primary N) is 1. The van der Waals surface area contributed by atoms with Crippen LogP contribution >= 0.6 is 0 Å². The molecule has 0 amide bonds. The molecule has 1 atom stereocenters. The van der Waals surface area contributed by atoms with Gasteiger partial charge in [0.25, 0.3) is 0 Å². The zero-order chi connectivity index (χ0) is 12.7. The van der Waals surface area contributed by atoms with Crippen molar-refractivity contribution in [3.8, 4) is 0 Å². The summed E-state index contributed by atoms with van der Waals surface area (Å²) < 4.78 is 10.5. The third-order valence-electron chi connectivity index (χ3n) is 2.95. The van der Waals surface area contributed by atoms with Crippen LogP contribution in [0.15, 0.2) is 56.8 Å². The van der Waals surface area contributed by atoms with Crippen molar-refractivity contribution < 1.29 is 8.83 Å². The van der Waals surface area contributed by atoms with Gasteiger partial charge in [-0.25, -0.2) is 4.79 Å². The van der Waals surface area contributed by atoms with Crippen LogP contribution in [0.2, 0.25) is 0 Å². The van der Waals surface area contributed by atoms with E-state index in [1.807, 2.05) is 12.1 Å². The molecule has 90 valence electrons. The second kappa shape index (κ2) is 3.85. The van der Waals surface area contributed by atoms with Gasteiger partial charge < -0.3 is 14.6 Å². The molecule has 2 N–H and O–H groups in total. The molecule has 0 saturated heterocycles. The quantitative estimate of drug-likeness (QED) is 0.553. The standard InChI is InChI=1S/C14H11NO3/c1-2-11(15)10-6-9-5-8-3-4-17-12(8)7-13(9)18-14(10)16/h2-7,11H,1,15H2. The normalized spacial score (nSPS) is 12.9. The molecule has 0 aliphatic heterocycles. The van der Waals surface area contributed by atoms with E-state index < -0.39 is 11.7 Å². The Balaban J connectivity index is 2.36. The molecule has 18 heavy (non-hydrogen) atoms. The van der Waals surface area contributed by atoms with E-state index in [4.69, 9.17) is 14.6 Å². The smallest absolute Gasteiger partial charge is 0.341 e. The number of furan rings is 1. The van der Waals surface area contributed by atoms with Crippen LogP contribution in [0.4, 0.5) is 0 Å². The lowest BCUT2D eigenvalue weighted by Crippen LogP contribution is -2.17. The Hall–Kier alpha value is -2.33. The minimum atomic E-state index is -0.523. The molecule has 3 aromatic rings. The van der Waals surface area contributed by atoms with Gasteiger partial charge in [0.05, 0.1) is 17.9 Å². The van der Waals surface area contributed by atoms with Gasteiger partial charge in [0, 0.05) is 16.8 Å². The van der Waals surface area contributed by atoms with Crippen LogP contribution in [0.3, 0.4) is 0 Å². The molecule has 0 spiro atoms. The van der Waals surface area contributed by atoms with Crippen LogP contribution in [-0.4, -0.2) is 0 Å². The second-order valence-electron chi connectivity index (χ2n) is 4.10. The summed E-state index contributed by atoms with van der Waals surface area (Å²) in [6.07, 6.45) is 3.10. The molecule has 4 nitrogen and oxygen atoms in total. The maximum atomic E-state index is 11.8. The van der Waals surface area contributed by atoms with Gasteiger partial charge in [0.2, 0.25) is 0 Å². The summed E-state index contributed by atoms with van der Waals surface area (Å²) in [5.74, 6) is 0. The Kier molecular flexibility index (Phi) is 2.31. The van der Waals surface area contributed by atoms with E-state index in [1.165, 1.54) is 6.08 Å².